The van der Waals surface area contributed by atoms with Crippen LogP contribution < -0.4 is 5.56 Å². The smallest absolute Gasteiger partial charge is 0.388 e. The maximum absolute atomic E-state index is 11.8. The van der Waals surface area contributed by atoms with Crippen LogP contribution in [0.15, 0.2) is 17.4 Å². The first-order valence-corrected chi connectivity index (χ1v) is 10.2. The zero-order chi connectivity index (χ0) is 20.1. The molecular formula is C14H20N5O8P. The van der Waals surface area contributed by atoms with E-state index in [0.29, 0.717) is 0 Å². The molecule has 13 nitrogen and oxygen atoms in total. The van der Waals surface area contributed by atoms with E-state index in [2.05, 4.69) is 15.0 Å². The van der Waals surface area contributed by atoms with Gasteiger partial charge in [0.2, 0.25) is 0 Å². The highest BCUT2D eigenvalue weighted by Crippen LogP contribution is 2.42. The van der Waals surface area contributed by atoms with Gasteiger partial charge in [-0.25, -0.2) is 19.2 Å². The number of aliphatic hydroxyl groups is 2. The second-order valence-corrected chi connectivity index (χ2v) is 8.35. The number of imidazole rings is 1. The third-order valence-electron chi connectivity index (χ3n) is 4.96. The number of aromatic nitrogens is 4. The maximum Gasteiger partial charge on any atom is 0.403 e. The molecular weight excluding hydrogens is 397 g/mol. The highest BCUT2D eigenvalue weighted by atomic mass is 31.2. The second-order valence-electron chi connectivity index (χ2n) is 6.76. The van der Waals surface area contributed by atoms with Crippen LogP contribution in [0.2, 0.25) is 0 Å². The molecule has 28 heavy (non-hydrogen) atoms. The van der Waals surface area contributed by atoms with Crippen LogP contribution in [0.4, 0.5) is 0 Å². The van der Waals surface area contributed by atoms with E-state index in [9.17, 15) is 29.4 Å². The standard InChI is InChI=1S/C14H20N5O8P/c20-10-8(3-7-4-18(1-2-26-7)28(23,24)25)27-14(11(10)21)19-6-17-9-12(19)15-5-16-13(9)22/h5-8,10-11,14,20-21H,1-4H2,(H,15,16,22)(H2,23,24,25)/t7?,8-,10-,11-,14-/m1/s1. The van der Waals surface area contributed by atoms with Crippen LogP contribution in [0.1, 0.15) is 12.6 Å². The van der Waals surface area contributed by atoms with Crippen molar-refractivity contribution in [3.8, 4) is 0 Å². The first-order chi connectivity index (χ1) is 13.3. The number of hydrogen-bond donors (Lipinski definition) is 5. The molecule has 154 valence electrons. The summed E-state index contributed by atoms with van der Waals surface area (Å²) in [5, 5.41) is 20.8. The number of morpholine rings is 1. The minimum absolute atomic E-state index is 0.0252. The fourth-order valence-corrected chi connectivity index (χ4v) is 4.28. The zero-order valence-electron chi connectivity index (χ0n) is 14.5. The Morgan fingerprint density at radius 3 is 2.82 bits per heavy atom. The van der Waals surface area contributed by atoms with E-state index in [1.807, 2.05) is 0 Å². The lowest BCUT2D eigenvalue weighted by Gasteiger charge is -2.34. The SMILES string of the molecule is O=c1[nH]cnc2c1ncn2[C@@H]1O[C@H](CC2CN(P(=O)(O)O)CCO2)[C@@H](O)[C@H]1O. The third kappa shape index (κ3) is 3.51. The number of aliphatic hydroxyl groups excluding tert-OH is 2. The molecule has 1 unspecified atom stereocenters. The summed E-state index contributed by atoms with van der Waals surface area (Å²) < 4.78 is 25.1. The highest BCUT2D eigenvalue weighted by molar-refractivity contribution is 7.49. The van der Waals surface area contributed by atoms with Gasteiger partial charge in [0.25, 0.3) is 5.56 Å². The molecule has 0 aromatic carbocycles. The molecule has 2 aliphatic rings. The van der Waals surface area contributed by atoms with Gasteiger partial charge < -0.3 is 34.5 Å². The summed E-state index contributed by atoms with van der Waals surface area (Å²) in [5.74, 6) is 0. The molecule has 2 aliphatic heterocycles. The summed E-state index contributed by atoms with van der Waals surface area (Å²) in [4.78, 5) is 40.8. The summed E-state index contributed by atoms with van der Waals surface area (Å²) in [6.07, 6.45) is -2.43. The third-order valence-corrected chi connectivity index (χ3v) is 6.06. The van der Waals surface area contributed by atoms with Gasteiger partial charge in [-0.15, -0.1) is 0 Å². The Kier molecular flexibility index (Phi) is 5.10. The van der Waals surface area contributed by atoms with Crippen LogP contribution in [0, 0.1) is 0 Å². The summed E-state index contributed by atoms with van der Waals surface area (Å²) in [6.45, 7) is 0.202. The lowest BCUT2D eigenvalue weighted by atomic mass is 10.0. The van der Waals surface area contributed by atoms with E-state index in [0.717, 1.165) is 4.67 Å². The van der Waals surface area contributed by atoms with Gasteiger partial charge in [-0.2, -0.15) is 0 Å². The summed E-state index contributed by atoms with van der Waals surface area (Å²) in [7, 11) is -4.39. The number of fused-ring (bicyclic) bond motifs is 1. The zero-order valence-corrected chi connectivity index (χ0v) is 15.4. The molecule has 0 bridgehead atoms. The molecule has 0 radical (unpaired) electrons. The van der Waals surface area contributed by atoms with Crippen LogP contribution in [0.25, 0.3) is 11.2 Å². The molecule has 2 saturated heterocycles. The molecule has 2 aromatic heterocycles. The van der Waals surface area contributed by atoms with E-state index in [-0.39, 0.29) is 37.3 Å². The topological polar surface area (TPSA) is 183 Å². The predicted octanol–water partition coefficient (Wildman–Crippen LogP) is -2.08. The summed E-state index contributed by atoms with van der Waals surface area (Å²) in [5.41, 5.74) is -0.173. The summed E-state index contributed by atoms with van der Waals surface area (Å²) in [6, 6.07) is 0. The van der Waals surface area contributed by atoms with Gasteiger partial charge in [0, 0.05) is 19.5 Å². The van der Waals surface area contributed by atoms with Crippen molar-refractivity contribution < 1.29 is 34.0 Å². The minimum atomic E-state index is -4.39. The molecule has 5 atom stereocenters. The second kappa shape index (κ2) is 7.28. The van der Waals surface area contributed by atoms with Crippen LogP contribution in [0.5, 0.6) is 0 Å². The number of nitrogens with one attached hydrogen (secondary N) is 1. The van der Waals surface area contributed by atoms with Gasteiger partial charge >= 0.3 is 7.75 Å². The van der Waals surface area contributed by atoms with E-state index in [4.69, 9.17) is 9.47 Å². The lowest BCUT2D eigenvalue weighted by Crippen LogP contribution is -2.43. The van der Waals surface area contributed by atoms with E-state index >= 15 is 0 Å². The fourth-order valence-electron chi connectivity index (χ4n) is 3.55. The van der Waals surface area contributed by atoms with Crippen molar-refractivity contribution in [2.45, 2.75) is 37.1 Å². The van der Waals surface area contributed by atoms with Gasteiger partial charge in [-0.1, -0.05) is 0 Å². The Morgan fingerprint density at radius 2 is 2.07 bits per heavy atom. The molecule has 0 aliphatic carbocycles. The Balaban J connectivity index is 1.51. The Labute approximate surface area is 157 Å². The van der Waals surface area contributed by atoms with Crippen molar-refractivity contribution in [2.75, 3.05) is 19.7 Å². The molecule has 0 amide bonds. The van der Waals surface area contributed by atoms with Gasteiger partial charge in [-0.05, 0) is 0 Å². The minimum Gasteiger partial charge on any atom is -0.388 e. The number of ether oxygens (including phenoxy) is 2. The Hall–Kier alpha value is -1.70. The van der Waals surface area contributed by atoms with Crippen molar-refractivity contribution in [1.82, 2.24) is 24.2 Å². The molecule has 2 fully saturated rings. The quantitative estimate of drug-likeness (QED) is 0.344. The molecule has 14 heteroatoms. The number of hydrogen-bond acceptors (Lipinski definition) is 8. The number of rotatable bonds is 4. The average molecular weight is 417 g/mol. The Morgan fingerprint density at radius 1 is 1.29 bits per heavy atom. The first-order valence-electron chi connectivity index (χ1n) is 8.60. The molecule has 0 spiro atoms. The molecule has 2 aromatic rings. The van der Waals surface area contributed by atoms with Crippen molar-refractivity contribution in [3.05, 3.63) is 23.0 Å². The van der Waals surface area contributed by atoms with Crippen molar-refractivity contribution >= 4 is 18.9 Å². The largest absolute Gasteiger partial charge is 0.403 e. The predicted molar refractivity (Wildman–Crippen MR) is 92.0 cm³/mol. The van der Waals surface area contributed by atoms with Gasteiger partial charge in [0.05, 0.1) is 31.5 Å². The molecule has 4 rings (SSSR count). The monoisotopic (exact) mass is 417 g/mol. The normalized spacial score (nSPS) is 32.2. The van der Waals surface area contributed by atoms with Crippen molar-refractivity contribution in [3.63, 3.8) is 0 Å². The van der Waals surface area contributed by atoms with Crippen molar-refractivity contribution in [1.29, 1.82) is 0 Å². The number of nitrogens with zero attached hydrogens (tertiary/aromatic N) is 4. The molecule has 4 heterocycles. The van der Waals surface area contributed by atoms with Crippen LogP contribution >= 0.6 is 7.75 Å². The highest BCUT2D eigenvalue weighted by Gasteiger charge is 2.46. The lowest BCUT2D eigenvalue weighted by molar-refractivity contribution is -0.0754. The van der Waals surface area contributed by atoms with E-state index in [1.54, 1.807) is 0 Å². The van der Waals surface area contributed by atoms with Crippen LogP contribution in [-0.4, -0.2) is 88.3 Å². The first kappa shape index (κ1) is 19.6. The van der Waals surface area contributed by atoms with Gasteiger partial charge in [0.15, 0.2) is 17.4 Å². The average Bonchev–Trinajstić information content (AvgIpc) is 3.19. The van der Waals surface area contributed by atoms with Gasteiger partial charge in [0.1, 0.15) is 12.2 Å². The number of aromatic amines is 1. The Bertz CT molecular complexity index is 959. The molecule has 5 N–H and O–H groups in total. The van der Waals surface area contributed by atoms with E-state index < -0.39 is 43.9 Å². The van der Waals surface area contributed by atoms with Gasteiger partial charge in [-0.3, -0.25) is 9.36 Å². The molecule has 0 saturated carbocycles. The van der Waals surface area contributed by atoms with Crippen LogP contribution in [0.3, 0.4) is 0 Å². The van der Waals surface area contributed by atoms with E-state index in [1.165, 1.54) is 17.2 Å². The van der Waals surface area contributed by atoms with Crippen LogP contribution in [-0.2, 0) is 14.0 Å². The number of H-pyrrole nitrogens is 1. The van der Waals surface area contributed by atoms with Crippen molar-refractivity contribution in [2.24, 2.45) is 0 Å². The maximum atomic E-state index is 11.8. The summed E-state index contributed by atoms with van der Waals surface area (Å²) >= 11 is 0. The fraction of sp³-hybridized carbons (Fsp3) is 0.643.